The number of nitro groups is 1. The summed E-state index contributed by atoms with van der Waals surface area (Å²) in [5.74, 6) is -0.809. The molecule has 0 aliphatic heterocycles. The molecule has 1 rings (SSSR count). The van der Waals surface area contributed by atoms with Gasteiger partial charge in [-0.1, -0.05) is 26.8 Å². The van der Waals surface area contributed by atoms with E-state index in [1.165, 1.54) is 12.1 Å². The fourth-order valence-corrected chi connectivity index (χ4v) is 1.42. The van der Waals surface area contributed by atoms with Crippen LogP contribution in [0.3, 0.4) is 0 Å². The van der Waals surface area contributed by atoms with Gasteiger partial charge in [0.2, 0.25) is 5.82 Å². The summed E-state index contributed by atoms with van der Waals surface area (Å²) in [4.78, 5) is 10.0. The molecule has 0 aliphatic carbocycles. The summed E-state index contributed by atoms with van der Waals surface area (Å²) in [6.07, 6.45) is 0.848. The molecular formula is C12H17FN2O2. The first-order valence-corrected chi connectivity index (χ1v) is 5.48. The largest absolute Gasteiger partial charge is 0.379 e. The Balaban J connectivity index is 2.78. The minimum atomic E-state index is -0.809. The summed E-state index contributed by atoms with van der Waals surface area (Å²) in [5, 5.41) is 13.6. The van der Waals surface area contributed by atoms with Gasteiger partial charge in [-0.15, -0.1) is 0 Å². The smallest absolute Gasteiger partial charge is 0.327 e. The lowest BCUT2D eigenvalue weighted by Gasteiger charge is -2.18. The van der Waals surface area contributed by atoms with Crippen LogP contribution in [0.15, 0.2) is 18.2 Å². The van der Waals surface area contributed by atoms with Crippen LogP contribution in [0.5, 0.6) is 0 Å². The molecule has 5 heteroatoms. The molecule has 4 nitrogen and oxygen atoms in total. The highest BCUT2D eigenvalue weighted by Gasteiger charge is 2.19. The summed E-state index contributed by atoms with van der Waals surface area (Å²) >= 11 is 0. The molecule has 0 saturated heterocycles. The van der Waals surface area contributed by atoms with Gasteiger partial charge >= 0.3 is 5.69 Å². The highest BCUT2D eigenvalue weighted by Crippen LogP contribution is 2.27. The number of hydrogen-bond donors (Lipinski definition) is 1. The quantitative estimate of drug-likeness (QED) is 0.646. The predicted molar refractivity (Wildman–Crippen MR) is 65.6 cm³/mol. The van der Waals surface area contributed by atoms with Gasteiger partial charge in [-0.3, -0.25) is 10.1 Å². The molecule has 0 atom stereocenters. The van der Waals surface area contributed by atoms with Gasteiger partial charge in [0.1, 0.15) is 5.69 Å². The van der Waals surface area contributed by atoms with Crippen LogP contribution in [0.25, 0.3) is 0 Å². The fourth-order valence-electron chi connectivity index (χ4n) is 1.42. The van der Waals surface area contributed by atoms with Gasteiger partial charge in [-0.2, -0.15) is 4.39 Å². The van der Waals surface area contributed by atoms with E-state index in [2.05, 4.69) is 26.1 Å². The third-order valence-electron chi connectivity index (χ3n) is 2.36. The van der Waals surface area contributed by atoms with Crippen LogP contribution < -0.4 is 5.32 Å². The van der Waals surface area contributed by atoms with Crippen LogP contribution in [0.1, 0.15) is 27.2 Å². The zero-order chi connectivity index (χ0) is 13.1. The Morgan fingerprint density at radius 1 is 1.41 bits per heavy atom. The number of nitrogens with zero attached hydrogens (tertiary/aromatic N) is 1. The van der Waals surface area contributed by atoms with E-state index in [0.717, 1.165) is 12.5 Å². The van der Waals surface area contributed by atoms with Crippen molar-refractivity contribution in [2.45, 2.75) is 27.2 Å². The number of anilines is 1. The number of hydrogen-bond acceptors (Lipinski definition) is 3. The molecule has 0 spiro atoms. The van der Waals surface area contributed by atoms with E-state index in [0.29, 0.717) is 6.54 Å². The van der Waals surface area contributed by atoms with Crippen LogP contribution in [0.4, 0.5) is 15.8 Å². The molecule has 94 valence electrons. The second kappa shape index (κ2) is 5.12. The molecule has 0 amide bonds. The maximum atomic E-state index is 13.3. The van der Waals surface area contributed by atoms with Gasteiger partial charge in [0, 0.05) is 6.54 Å². The Morgan fingerprint density at radius 2 is 2.06 bits per heavy atom. The molecule has 0 unspecified atom stereocenters. The van der Waals surface area contributed by atoms with Crippen molar-refractivity contribution in [1.29, 1.82) is 0 Å². The summed E-state index contributed by atoms with van der Waals surface area (Å²) in [6, 6.07) is 4.07. The maximum Gasteiger partial charge on any atom is 0.327 e. The third kappa shape index (κ3) is 4.01. The SMILES string of the molecule is CC(C)(C)CCNc1cccc(F)c1[N+](=O)[O-]. The van der Waals surface area contributed by atoms with E-state index in [-0.39, 0.29) is 11.1 Å². The van der Waals surface area contributed by atoms with Crippen molar-refractivity contribution < 1.29 is 9.31 Å². The molecule has 1 N–H and O–H groups in total. The van der Waals surface area contributed by atoms with Crippen molar-refractivity contribution in [3.63, 3.8) is 0 Å². The summed E-state index contributed by atoms with van der Waals surface area (Å²) in [6.45, 7) is 6.81. The molecule has 0 aromatic heterocycles. The van der Waals surface area contributed by atoms with Crippen molar-refractivity contribution in [1.82, 2.24) is 0 Å². The van der Waals surface area contributed by atoms with E-state index in [1.54, 1.807) is 0 Å². The molecular weight excluding hydrogens is 223 g/mol. The van der Waals surface area contributed by atoms with Crippen LogP contribution in [-0.2, 0) is 0 Å². The van der Waals surface area contributed by atoms with E-state index in [4.69, 9.17) is 0 Å². The number of nitro benzene ring substituents is 1. The lowest BCUT2D eigenvalue weighted by atomic mass is 9.92. The van der Waals surface area contributed by atoms with Crippen LogP contribution >= 0.6 is 0 Å². The number of rotatable bonds is 4. The molecule has 0 saturated carbocycles. The number of halogens is 1. The molecule has 1 aromatic rings. The Hall–Kier alpha value is -1.65. The Bertz CT molecular complexity index is 413. The first-order chi connectivity index (χ1) is 7.81. The monoisotopic (exact) mass is 240 g/mol. The fraction of sp³-hybridized carbons (Fsp3) is 0.500. The summed E-state index contributed by atoms with van der Waals surface area (Å²) in [7, 11) is 0. The molecule has 0 fully saturated rings. The molecule has 0 heterocycles. The average Bonchev–Trinajstić information content (AvgIpc) is 2.14. The van der Waals surface area contributed by atoms with Gasteiger partial charge in [-0.25, -0.2) is 0 Å². The van der Waals surface area contributed by atoms with E-state index >= 15 is 0 Å². The predicted octanol–water partition coefficient (Wildman–Crippen LogP) is 3.58. The van der Waals surface area contributed by atoms with E-state index in [9.17, 15) is 14.5 Å². The topological polar surface area (TPSA) is 55.2 Å². The lowest BCUT2D eigenvalue weighted by Crippen LogP contribution is -2.13. The third-order valence-corrected chi connectivity index (χ3v) is 2.36. The van der Waals surface area contributed by atoms with Gasteiger partial charge in [0.05, 0.1) is 4.92 Å². The van der Waals surface area contributed by atoms with Gasteiger partial charge in [0.15, 0.2) is 0 Å². The Labute approximate surface area is 100.0 Å². The summed E-state index contributed by atoms with van der Waals surface area (Å²) < 4.78 is 13.3. The number of nitrogens with one attached hydrogen (secondary N) is 1. The van der Waals surface area contributed by atoms with Crippen molar-refractivity contribution in [3.05, 3.63) is 34.1 Å². The van der Waals surface area contributed by atoms with Gasteiger partial charge in [0.25, 0.3) is 0 Å². The number of benzene rings is 1. The minimum Gasteiger partial charge on any atom is -0.379 e. The number of para-hydroxylation sites is 1. The first-order valence-electron chi connectivity index (χ1n) is 5.48. The highest BCUT2D eigenvalue weighted by atomic mass is 19.1. The van der Waals surface area contributed by atoms with Crippen molar-refractivity contribution in [3.8, 4) is 0 Å². The maximum absolute atomic E-state index is 13.3. The molecule has 17 heavy (non-hydrogen) atoms. The molecule has 1 aromatic carbocycles. The lowest BCUT2D eigenvalue weighted by molar-refractivity contribution is -0.386. The van der Waals surface area contributed by atoms with Crippen LogP contribution in [0.2, 0.25) is 0 Å². The second-order valence-corrected chi connectivity index (χ2v) is 5.13. The van der Waals surface area contributed by atoms with Gasteiger partial charge in [-0.05, 0) is 24.0 Å². The van der Waals surface area contributed by atoms with Crippen LogP contribution in [-0.4, -0.2) is 11.5 Å². The highest BCUT2D eigenvalue weighted by molar-refractivity contribution is 5.61. The Kier molecular flexibility index (Phi) is 4.04. The normalized spacial score (nSPS) is 11.3. The minimum absolute atomic E-state index is 0.134. The zero-order valence-corrected chi connectivity index (χ0v) is 10.3. The van der Waals surface area contributed by atoms with Crippen LogP contribution in [0, 0.1) is 21.3 Å². The van der Waals surface area contributed by atoms with Gasteiger partial charge < -0.3 is 5.32 Å². The second-order valence-electron chi connectivity index (χ2n) is 5.13. The van der Waals surface area contributed by atoms with Crippen molar-refractivity contribution in [2.24, 2.45) is 5.41 Å². The van der Waals surface area contributed by atoms with E-state index in [1.807, 2.05) is 0 Å². The first kappa shape index (κ1) is 13.4. The molecule has 0 bridgehead atoms. The Morgan fingerprint density at radius 3 is 2.59 bits per heavy atom. The average molecular weight is 240 g/mol. The molecule has 0 radical (unpaired) electrons. The molecule has 0 aliphatic rings. The van der Waals surface area contributed by atoms with Crippen molar-refractivity contribution in [2.75, 3.05) is 11.9 Å². The standard InChI is InChI=1S/C12H17FN2O2/c1-12(2,3)7-8-14-10-6-4-5-9(13)11(10)15(16)17/h4-6,14H,7-8H2,1-3H3. The summed E-state index contributed by atoms with van der Waals surface area (Å²) in [5.41, 5.74) is -0.115. The van der Waals surface area contributed by atoms with E-state index < -0.39 is 16.4 Å². The van der Waals surface area contributed by atoms with Crippen molar-refractivity contribution >= 4 is 11.4 Å². The zero-order valence-electron chi connectivity index (χ0n) is 10.3.